The molecule has 5 heteroatoms. The number of aliphatic hydroxyl groups is 2. The molecule has 2 aromatic rings. The molecule has 0 spiro atoms. The van der Waals surface area contributed by atoms with Crippen LogP contribution in [0.5, 0.6) is 0 Å². The third kappa shape index (κ3) is 3.38. The quantitative estimate of drug-likeness (QED) is 0.849. The van der Waals surface area contributed by atoms with Crippen molar-refractivity contribution in [2.24, 2.45) is 0 Å². The molecule has 28 heavy (non-hydrogen) atoms. The van der Waals surface area contributed by atoms with Crippen molar-refractivity contribution in [2.75, 3.05) is 19.9 Å². The highest BCUT2D eigenvalue weighted by Crippen LogP contribution is 2.43. The minimum atomic E-state index is -0.900. The number of rotatable bonds is 4. The molecule has 2 aliphatic rings. The maximum Gasteiger partial charge on any atom is 0.148 e. The van der Waals surface area contributed by atoms with E-state index in [1.165, 1.54) is 0 Å². The van der Waals surface area contributed by atoms with Gasteiger partial charge in [-0.25, -0.2) is 0 Å². The Kier molecular flexibility index (Phi) is 5.06. The second-order valence-electron chi connectivity index (χ2n) is 8.42. The zero-order chi connectivity index (χ0) is 19.9. The van der Waals surface area contributed by atoms with Crippen LogP contribution in [0.4, 0.5) is 0 Å². The molecule has 2 fully saturated rings. The van der Waals surface area contributed by atoms with E-state index in [4.69, 9.17) is 9.47 Å². The second-order valence-corrected chi connectivity index (χ2v) is 8.42. The smallest absolute Gasteiger partial charge is 0.148 e. The summed E-state index contributed by atoms with van der Waals surface area (Å²) in [5.74, 6) is 0. The van der Waals surface area contributed by atoms with Crippen LogP contribution in [0.15, 0.2) is 48.5 Å². The molecule has 0 amide bonds. The van der Waals surface area contributed by atoms with Gasteiger partial charge in [-0.1, -0.05) is 48.5 Å². The second kappa shape index (κ2) is 7.25. The standard InChI is InChI=1S/C23H29NO4/c1-16-13-17(9-10-19(16)22(2,3)26)21(25)24-12-11-23(18-7-5-4-6-8-18)20(14-24)27-15-28-23/h4-10,13,20-21,25-26H,11-12,14-15H2,1-3H3. The molecule has 2 saturated heterocycles. The third-order valence-electron chi connectivity index (χ3n) is 6.09. The van der Waals surface area contributed by atoms with Crippen LogP contribution in [0.2, 0.25) is 0 Å². The first-order valence-electron chi connectivity index (χ1n) is 9.88. The number of nitrogens with zero attached hydrogens (tertiary/aromatic N) is 1. The molecule has 2 heterocycles. The normalized spacial score (nSPS) is 26.8. The van der Waals surface area contributed by atoms with Crippen molar-refractivity contribution in [1.29, 1.82) is 0 Å². The summed E-state index contributed by atoms with van der Waals surface area (Å²) in [7, 11) is 0. The number of aryl methyl sites for hydroxylation is 1. The summed E-state index contributed by atoms with van der Waals surface area (Å²) in [4.78, 5) is 2.04. The van der Waals surface area contributed by atoms with E-state index in [0.717, 1.165) is 28.7 Å². The first kappa shape index (κ1) is 19.6. The van der Waals surface area contributed by atoms with E-state index in [-0.39, 0.29) is 12.9 Å². The van der Waals surface area contributed by atoms with Crippen molar-refractivity contribution >= 4 is 0 Å². The lowest BCUT2D eigenvalue weighted by atomic mass is 9.82. The highest BCUT2D eigenvalue weighted by Gasteiger charge is 2.51. The molecule has 2 aromatic carbocycles. The number of piperidine rings is 1. The van der Waals surface area contributed by atoms with E-state index in [9.17, 15) is 10.2 Å². The molecule has 5 nitrogen and oxygen atoms in total. The van der Waals surface area contributed by atoms with Crippen LogP contribution in [0.1, 0.15) is 48.8 Å². The SMILES string of the molecule is Cc1cc(C(O)N2CCC3(c4ccccc4)OCOC3C2)ccc1C(C)(C)O. The lowest BCUT2D eigenvalue weighted by molar-refractivity contribution is -0.0948. The van der Waals surface area contributed by atoms with E-state index in [0.29, 0.717) is 13.1 Å². The van der Waals surface area contributed by atoms with Crippen molar-refractivity contribution in [3.63, 3.8) is 0 Å². The van der Waals surface area contributed by atoms with Gasteiger partial charge in [-0.2, -0.15) is 0 Å². The molecule has 4 rings (SSSR count). The van der Waals surface area contributed by atoms with Gasteiger partial charge in [0.1, 0.15) is 24.7 Å². The lowest BCUT2D eigenvalue weighted by Crippen LogP contribution is -2.52. The summed E-state index contributed by atoms with van der Waals surface area (Å²) >= 11 is 0. The van der Waals surface area contributed by atoms with E-state index in [1.807, 2.05) is 48.2 Å². The van der Waals surface area contributed by atoms with Crippen molar-refractivity contribution in [3.8, 4) is 0 Å². The monoisotopic (exact) mass is 383 g/mol. The predicted molar refractivity (Wildman–Crippen MR) is 107 cm³/mol. The summed E-state index contributed by atoms with van der Waals surface area (Å²) in [5.41, 5.74) is 2.48. The maximum absolute atomic E-state index is 11.0. The number of fused-ring (bicyclic) bond motifs is 1. The largest absolute Gasteiger partial charge is 0.386 e. The van der Waals surface area contributed by atoms with E-state index in [2.05, 4.69) is 12.1 Å². The van der Waals surface area contributed by atoms with Gasteiger partial charge in [-0.15, -0.1) is 0 Å². The Balaban J connectivity index is 1.54. The van der Waals surface area contributed by atoms with Gasteiger partial charge in [0, 0.05) is 13.1 Å². The molecule has 0 saturated carbocycles. The van der Waals surface area contributed by atoms with Crippen LogP contribution >= 0.6 is 0 Å². The Hall–Kier alpha value is -1.76. The fraction of sp³-hybridized carbons (Fsp3) is 0.478. The van der Waals surface area contributed by atoms with Crippen molar-refractivity contribution in [1.82, 2.24) is 4.90 Å². The molecule has 3 atom stereocenters. The summed E-state index contributed by atoms with van der Waals surface area (Å²) in [6, 6.07) is 16.0. The molecular formula is C23H29NO4. The molecule has 3 unspecified atom stereocenters. The average Bonchev–Trinajstić information content (AvgIpc) is 3.11. The van der Waals surface area contributed by atoms with Crippen molar-refractivity contribution in [2.45, 2.75) is 50.7 Å². The first-order valence-corrected chi connectivity index (χ1v) is 9.88. The molecule has 2 N–H and O–H groups in total. The van der Waals surface area contributed by atoms with Crippen LogP contribution < -0.4 is 0 Å². The molecule has 0 radical (unpaired) electrons. The van der Waals surface area contributed by atoms with Gasteiger partial charge in [0.15, 0.2) is 0 Å². The minimum absolute atomic E-state index is 0.116. The topological polar surface area (TPSA) is 62.2 Å². The van der Waals surface area contributed by atoms with E-state index < -0.39 is 17.4 Å². The molecule has 2 aliphatic heterocycles. The number of hydrogen-bond acceptors (Lipinski definition) is 5. The molecule has 0 aliphatic carbocycles. The maximum atomic E-state index is 11.0. The van der Waals surface area contributed by atoms with E-state index >= 15 is 0 Å². The van der Waals surface area contributed by atoms with Crippen LogP contribution in [-0.4, -0.2) is 41.1 Å². The summed E-state index contributed by atoms with van der Waals surface area (Å²) in [6.45, 7) is 7.11. The Morgan fingerprint density at radius 1 is 1.18 bits per heavy atom. The van der Waals surface area contributed by atoms with Gasteiger partial charge in [0.25, 0.3) is 0 Å². The number of aliphatic hydroxyl groups excluding tert-OH is 1. The van der Waals surface area contributed by atoms with Crippen LogP contribution in [0.25, 0.3) is 0 Å². The zero-order valence-corrected chi connectivity index (χ0v) is 16.8. The Bertz CT molecular complexity index is 832. The highest BCUT2D eigenvalue weighted by molar-refractivity contribution is 5.35. The number of ether oxygens (including phenoxy) is 2. The van der Waals surface area contributed by atoms with Crippen molar-refractivity contribution < 1.29 is 19.7 Å². The van der Waals surface area contributed by atoms with Crippen molar-refractivity contribution in [3.05, 3.63) is 70.8 Å². The van der Waals surface area contributed by atoms with Crippen LogP contribution in [0, 0.1) is 6.92 Å². The van der Waals surface area contributed by atoms with E-state index in [1.54, 1.807) is 13.8 Å². The lowest BCUT2D eigenvalue weighted by Gasteiger charge is -2.43. The zero-order valence-electron chi connectivity index (χ0n) is 16.8. The third-order valence-corrected chi connectivity index (χ3v) is 6.09. The highest BCUT2D eigenvalue weighted by atomic mass is 16.7. The van der Waals surface area contributed by atoms with Gasteiger partial charge in [0.05, 0.1) is 5.60 Å². The molecule has 0 bridgehead atoms. The summed E-state index contributed by atoms with van der Waals surface area (Å²) in [6.07, 6.45) is -0.0676. The molecule has 0 aromatic heterocycles. The van der Waals surface area contributed by atoms with Gasteiger partial charge < -0.3 is 19.7 Å². The Morgan fingerprint density at radius 3 is 2.61 bits per heavy atom. The van der Waals surface area contributed by atoms with Gasteiger partial charge >= 0.3 is 0 Å². The predicted octanol–water partition coefficient (Wildman–Crippen LogP) is 3.19. The fourth-order valence-electron chi connectivity index (χ4n) is 4.60. The average molecular weight is 383 g/mol. The van der Waals surface area contributed by atoms with Crippen LogP contribution in [-0.2, 0) is 20.7 Å². The van der Waals surface area contributed by atoms with Gasteiger partial charge in [0.2, 0.25) is 0 Å². The molecular weight excluding hydrogens is 354 g/mol. The van der Waals surface area contributed by atoms with Gasteiger partial charge in [-0.3, -0.25) is 4.90 Å². The number of hydrogen-bond donors (Lipinski definition) is 2. The number of benzene rings is 2. The minimum Gasteiger partial charge on any atom is -0.386 e. The Morgan fingerprint density at radius 2 is 1.93 bits per heavy atom. The summed E-state index contributed by atoms with van der Waals surface area (Å²) in [5, 5.41) is 21.3. The summed E-state index contributed by atoms with van der Waals surface area (Å²) < 4.78 is 12.0. The fourth-order valence-corrected chi connectivity index (χ4v) is 4.60. The molecule has 150 valence electrons. The first-order chi connectivity index (χ1) is 13.3. The van der Waals surface area contributed by atoms with Crippen LogP contribution in [0.3, 0.4) is 0 Å². The van der Waals surface area contributed by atoms with Gasteiger partial charge in [-0.05, 0) is 49.4 Å². The Labute approximate surface area is 166 Å². The number of likely N-dealkylation sites (tertiary alicyclic amines) is 1.